The summed E-state index contributed by atoms with van der Waals surface area (Å²) in [6.07, 6.45) is 1.06. The van der Waals surface area contributed by atoms with Crippen molar-refractivity contribution < 1.29 is 12.8 Å². The SMILES string of the molecule is CCc1n[nH]c(CC)c1S(=O)(=O)c1ccc(F)cc1. The summed E-state index contributed by atoms with van der Waals surface area (Å²) >= 11 is 0. The van der Waals surface area contributed by atoms with Crippen LogP contribution >= 0.6 is 0 Å². The number of rotatable bonds is 4. The van der Waals surface area contributed by atoms with E-state index in [1.54, 1.807) is 0 Å². The molecule has 2 aromatic rings. The molecule has 1 aromatic heterocycles. The van der Waals surface area contributed by atoms with Gasteiger partial charge in [0.25, 0.3) is 0 Å². The largest absolute Gasteiger partial charge is 0.281 e. The number of nitrogens with one attached hydrogen (secondary N) is 1. The molecule has 0 aliphatic heterocycles. The van der Waals surface area contributed by atoms with Crippen LogP contribution < -0.4 is 0 Å². The lowest BCUT2D eigenvalue weighted by Gasteiger charge is -2.06. The van der Waals surface area contributed by atoms with Crippen LogP contribution in [0.4, 0.5) is 4.39 Å². The number of halogens is 1. The van der Waals surface area contributed by atoms with E-state index in [9.17, 15) is 12.8 Å². The van der Waals surface area contributed by atoms with Gasteiger partial charge in [-0.2, -0.15) is 5.10 Å². The molecule has 0 bridgehead atoms. The van der Waals surface area contributed by atoms with E-state index in [2.05, 4.69) is 10.2 Å². The Kier molecular flexibility index (Phi) is 3.71. The molecule has 0 aliphatic carbocycles. The zero-order valence-electron chi connectivity index (χ0n) is 10.8. The van der Waals surface area contributed by atoms with E-state index in [0.29, 0.717) is 24.2 Å². The molecule has 0 amide bonds. The van der Waals surface area contributed by atoms with E-state index in [4.69, 9.17) is 0 Å². The third kappa shape index (κ3) is 2.40. The number of H-pyrrole nitrogens is 1. The Labute approximate surface area is 111 Å². The second-order valence-corrected chi connectivity index (χ2v) is 6.03. The molecule has 0 radical (unpaired) electrons. The minimum absolute atomic E-state index is 0.0831. The monoisotopic (exact) mass is 282 g/mol. The molecule has 0 aliphatic rings. The van der Waals surface area contributed by atoms with E-state index in [1.807, 2.05) is 13.8 Å². The first kappa shape index (κ1) is 13.7. The lowest BCUT2D eigenvalue weighted by Crippen LogP contribution is -2.06. The Balaban J connectivity index is 2.62. The van der Waals surface area contributed by atoms with Crippen molar-refractivity contribution in [2.45, 2.75) is 36.5 Å². The minimum atomic E-state index is -3.66. The summed E-state index contributed by atoms with van der Waals surface area (Å²) < 4.78 is 38.1. The van der Waals surface area contributed by atoms with Crippen LogP contribution in [0.1, 0.15) is 25.2 Å². The van der Waals surface area contributed by atoms with Gasteiger partial charge in [0.2, 0.25) is 9.84 Å². The predicted octanol–water partition coefficient (Wildman–Crippen LogP) is 2.51. The first-order valence-electron chi connectivity index (χ1n) is 6.07. The molecule has 102 valence electrons. The fourth-order valence-electron chi connectivity index (χ4n) is 1.94. The topological polar surface area (TPSA) is 62.8 Å². The molecule has 0 fully saturated rings. The molecule has 1 N–H and O–H groups in total. The number of nitrogens with zero attached hydrogens (tertiary/aromatic N) is 1. The smallest absolute Gasteiger partial charge is 0.210 e. The van der Waals surface area contributed by atoms with Crippen LogP contribution in [0.5, 0.6) is 0 Å². The predicted molar refractivity (Wildman–Crippen MR) is 69.2 cm³/mol. The summed E-state index contributed by atoms with van der Waals surface area (Å²) in [6, 6.07) is 4.83. The van der Waals surface area contributed by atoms with E-state index in [1.165, 1.54) is 12.1 Å². The minimum Gasteiger partial charge on any atom is -0.281 e. The molecule has 6 heteroatoms. The van der Waals surface area contributed by atoms with Crippen molar-refractivity contribution >= 4 is 9.84 Å². The Bertz CT molecular complexity index is 654. The molecule has 0 unspecified atom stereocenters. The van der Waals surface area contributed by atoms with Gasteiger partial charge < -0.3 is 0 Å². The van der Waals surface area contributed by atoms with Gasteiger partial charge in [-0.1, -0.05) is 13.8 Å². The van der Waals surface area contributed by atoms with E-state index in [-0.39, 0.29) is 9.79 Å². The van der Waals surface area contributed by atoms with Gasteiger partial charge in [-0.05, 0) is 37.1 Å². The van der Waals surface area contributed by atoms with Gasteiger partial charge in [0.1, 0.15) is 10.7 Å². The number of aromatic amines is 1. The summed E-state index contributed by atoms with van der Waals surface area (Å²) in [5.74, 6) is -0.461. The number of aromatic nitrogens is 2. The fraction of sp³-hybridized carbons (Fsp3) is 0.308. The maximum atomic E-state index is 12.9. The highest BCUT2D eigenvalue weighted by atomic mass is 32.2. The van der Waals surface area contributed by atoms with Crippen LogP contribution in [0.3, 0.4) is 0 Å². The van der Waals surface area contributed by atoms with Gasteiger partial charge in [-0.25, -0.2) is 12.8 Å². The number of benzene rings is 1. The van der Waals surface area contributed by atoms with Gasteiger partial charge in [-0.15, -0.1) is 0 Å². The average molecular weight is 282 g/mol. The van der Waals surface area contributed by atoms with Crippen molar-refractivity contribution in [2.24, 2.45) is 0 Å². The highest BCUT2D eigenvalue weighted by Crippen LogP contribution is 2.26. The molecule has 4 nitrogen and oxygen atoms in total. The first-order valence-corrected chi connectivity index (χ1v) is 7.55. The zero-order valence-corrected chi connectivity index (χ0v) is 11.6. The Hall–Kier alpha value is -1.69. The van der Waals surface area contributed by atoms with Gasteiger partial charge in [0.15, 0.2) is 0 Å². The molecule has 0 atom stereocenters. The Morgan fingerprint density at radius 1 is 1.16 bits per heavy atom. The van der Waals surface area contributed by atoms with Gasteiger partial charge in [0, 0.05) is 0 Å². The van der Waals surface area contributed by atoms with Crippen LogP contribution in [-0.4, -0.2) is 18.6 Å². The van der Waals surface area contributed by atoms with Crippen molar-refractivity contribution in [2.75, 3.05) is 0 Å². The molecule has 2 rings (SSSR count). The van der Waals surface area contributed by atoms with Crippen LogP contribution in [0.15, 0.2) is 34.1 Å². The van der Waals surface area contributed by atoms with Gasteiger partial charge in [-0.3, -0.25) is 5.10 Å². The molecular formula is C13H15FN2O2S. The van der Waals surface area contributed by atoms with E-state index < -0.39 is 15.7 Å². The molecule has 1 heterocycles. The Morgan fingerprint density at radius 2 is 1.79 bits per heavy atom. The number of hydrogen-bond donors (Lipinski definition) is 1. The summed E-state index contributed by atoms with van der Waals surface area (Å²) in [5, 5.41) is 6.80. The van der Waals surface area contributed by atoms with Gasteiger partial charge in [0.05, 0.1) is 16.3 Å². The highest BCUT2D eigenvalue weighted by molar-refractivity contribution is 7.91. The zero-order chi connectivity index (χ0) is 14.0. The van der Waals surface area contributed by atoms with Gasteiger partial charge >= 0.3 is 0 Å². The normalized spacial score (nSPS) is 11.7. The van der Waals surface area contributed by atoms with Crippen molar-refractivity contribution in [1.82, 2.24) is 10.2 Å². The molecule has 0 saturated carbocycles. The lowest BCUT2D eigenvalue weighted by atomic mass is 10.2. The van der Waals surface area contributed by atoms with Crippen molar-refractivity contribution in [3.8, 4) is 0 Å². The van der Waals surface area contributed by atoms with Crippen LogP contribution in [0, 0.1) is 5.82 Å². The molecule has 1 aromatic carbocycles. The van der Waals surface area contributed by atoms with Crippen molar-refractivity contribution in [1.29, 1.82) is 0 Å². The van der Waals surface area contributed by atoms with E-state index >= 15 is 0 Å². The summed E-state index contributed by atoms with van der Waals surface area (Å²) in [7, 11) is -3.66. The lowest BCUT2D eigenvalue weighted by molar-refractivity contribution is 0.592. The third-order valence-electron chi connectivity index (χ3n) is 2.94. The molecule has 19 heavy (non-hydrogen) atoms. The maximum absolute atomic E-state index is 12.9. The molecule has 0 spiro atoms. The number of aryl methyl sites for hydroxylation is 2. The standard InChI is InChI=1S/C13H15FN2O2S/c1-3-11-13(12(4-2)16-15-11)19(17,18)10-7-5-9(14)6-8-10/h5-8H,3-4H2,1-2H3,(H,15,16). The second kappa shape index (κ2) is 5.13. The van der Waals surface area contributed by atoms with Crippen LogP contribution in [0.2, 0.25) is 0 Å². The fourth-order valence-corrected chi connectivity index (χ4v) is 3.68. The van der Waals surface area contributed by atoms with Crippen LogP contribution in [0.25, 0.3) is 0 Å². The quantitative estimate of drug-likeness (QED) is 0.876. The number of hydrogen-bond acceptors (Lipinski definition) is 3. The first-order chi connectivity index (χ1) is 9.00. The summed E-state index contributed by atoms with van der Waals surface area (Å²) in [5.41, 5.74) is 1.10. The second-order valence-electron chi connectivity index (χ2n) is 4.14. The van der Waals surface area contributed by atoms with Crippen molar-refractivity contribution in [3.63, 3.8) is 0 Å². The van der Waals surface area contributed by atoms with Crippen molar-refractivity contribution in [3.05, 3.63) is 41.5 Å². The van der Waals surface area contributed by atoms with E-state index in [0.717, 1.165) is 12.1 Å². The average Bonchev–Trinajstić information content (AvgIpc) is 2.82. The van der Waals surface area contributed by atoms with Crippen LogP contribution in [-0.2, 0) is 22.7 Å². The summed E-state index contributed by atoms with van der Waals surface area (Å²) in [6.45, 7) is 3.70. The Morgan fingerprint density at radius 3 is 2.32 bits per heavy atom. The molecular weight excluding hydrogens is 267 g/mol. The highest BCUT2D eigenvalue weighted by Gasteiger charge is 2.26. The maximum Gasteiger partial charge on any atom is 0.210 e. The third-order valence-corrected chi connectivity index (χ3v) is 4.86. The number of sulfone groups is 1. The summed E-state index contributed by atoms with van der Waals surface area (Å²) in [4.78, 5) is 0.309. The molecule has 0 saturated heterocycles.